The van der Waals surface area contributed by atoms with Gasteiger partial charge >= 0.3 is 0 Å². The standard InChI is InChI=1S/C18H20BrClS/c1-4-7-13-14(19)12-15(20)17-16(13)18(8-5-2,9-6-3)10-11-21-17/h4-6,12H,1-3,7-11H2. The molecule has 0 nitrogen and oxygen atoms in total. The predicted molar refractivity (Wildman–Crippen MR) is 99.7 cm³/mol. The summed E-state index contributed by atoms with van der Waals surface area (Å²) in [5.74, 6) is 1.09. The van der Waals surface area contributed by atoms with Gasteiger partial charge in [0, 0.05) is 14.8 Å². The molecular formula is C18H20BrClS. The number of allylic oxidation sites excluding steroid dienone is 3. The largest absolute Gasteiger partial charge is 0.124 e. The summed E-state index contributed by atoms with van der Waals surface area (Å²) in [5, 5.41) is 0.840. The molecule has 1 aliphatic heterocycles. The minimum Gasteiger partial charge on any atom is -0.124 e. The van der Waals surface area contributed by atoms with Crippen molar-refractivity contribution in [2.75, 3.05) is 5.75 Å². The topological polar surface area (TPSA) is 0 Å². The number of fused-ring (bicyclic) bond motifs is 1. The molecule has 0 N–H and O–H groups in total. The van der Waals surface area contributed by atoms with Gasteiger partial charge in [0.1, 0.15) is 0 Å². The van der Waals surface area contributed by atoms with Gasteiger partial charge in [0.15, 0.2) is 0 Å². The van der Waals surface area contributed by atoms with Crippen LogP contribution in [0, 0.1) is 0 Å². The average Bonchev–Trinajstić information content (AvgIpc) is 2.44. The lowest BCUT2D eigenvalue weighted by atomic mass is 9.70. The third-order valence-electron chi connectivity index (χ3n) is 4.06. The highest BCUT2D eigenvalue weighted by Crippen LogP contribution is 2.52. The normalized spacial score (nSPS) is 16.1. The van der Waals surface area contributed by atoms with Crippen LogP contribution < -0.4 is 0 Å². The fraction of sp³-hybridized carbons (Fsp3) is 0.333. The van der Waals surface area contributed by atoms with Gasteiger partial charge in [-0.15, -0.1) is 31.5 Å². The van der Waals surface area contributed by atoms with E-state index in [1.165, 1.54) is 16.0 Å². The van der Waals surface area contributed by atoms with Crippen LogP contribution in [0.1, 0.15) is 30.4 Å². The van der Waals surface area contributed by atoms with Crippen LogP contribution in [0.4, 0.5) is 0 Å². The zero-order valence-corrected chi connectivity index (χ0v) is 15.3. The summed E-state index contributed by atoms with van der Waals surface area (Å²) in [6.07, 6.45) is 9.87. The van der Waals surface area contributed by atoms with Crippen LogP contribution in [0.5, 0.6) is 0 Å². The Kier molecular flexibility index (Phi) is 5.81. The summed E-state index contributed by atoms with van der Waals surface area (Å²) in [6, 6.07) is 2.02. The first-order valence-corrected chi connectivity index (χ1v) is 9.22. The zero-order chi connectivity index (χ0) is 15.5. The molecule has 112 valence electrons. The first-order valence-electron chi connectivity index (χ1n) is 7.06. The molecular weight excluding hydrogens is 364 g/mol. The van der Waals surface area contributed by atoms with Crippen LogP contribution in [0.25, 0.3) is 0 Å². The van der Waals surface area contributed by atoms with Gasteiger partial charge < -0.3 is 0 Å². The molecule has 1 aromatic rings. The van der Waals surface area contributed by atoms with Gasteiger partial charge in [-0.05, 0) is 48.6 Å². The van der Waals surface area contributed by atoms with E-state index in [9.17, 15) is 0 Å². The van der Waals surface area contributed by atoms with Gasteiger partial charge in [-0.2, -0.15) is 0 Å². The minimum atomic E-state index is 0.0653. The van der Waals surface area contributed by atoms with Crippen molar-refractivity contribution in [3.63, 3.8) is 0 Å². The second kappa shape index (κ2) is 7.21. The quantitative estimate of drug-likeness (QED) is 0.491. The van der Waals surface area contributed by atoms with E-state index >= 15 is 0 Å². The molecule has 1 aliphatic rings. The fourth-order valence-corrected chi connectivity index (χ4v) is 5.67. The van der Waals surface area contributed by atoms with E-state index < -0.39 is 0 Å². The van der Waals surface area contributed by atoms with Crippen LogP contribution in [-0.4, -0.2) is 5.75 Å². The molecule has 1 heterocycles. The van der Waals surface area contributed by atoms with Crippen LogP contribution in [0.15, 0.2) is 53.4 Å². The van der Waals surface area contributed by atoms with E-state index in [1.807, 2.05) is 36.1 Å². The van der Waals surface area contributed by atoms with E-state index in [0.717, 1.165) is 40.9 Å². The Morgan fingerprint density at radius 2 is 1.90 bits per heavy atom. The molecule has 0 bridgehead atoms. The summed E-state index contributed by atoms with van der Waals surface area (Å²) in [4.78, 5) is 1.23. The second-order valence-electron chi connectivity index (χ2n) is 5.38. The monoisotopic (exact) mass is 382 g/mol. The van der Waals surface area contributed by atoms with Gasteiger partial charge in [-0.25, -0.2) is 0 Å². The molecule has 0 aliphatic carbocycles. The van der Waals surface area contributed by atoms with Crippen molar-refractivity contribution in [2.24, 2.45) is 0 Å². The third kappa shape index (κ3) is 3.18. The number of hydrogen-bond acceptors (Lipinski definition) is 1. The lowest BCUT2D eigenvalue weighted by Crippen LogP contribution is -2.31. The third-order valence-corrected chi connectivity index (χ3v) is 6.30. The van der Waals surface area contributed by atoms with Crippen molar-refractivity contribution in [2.45, 2.75) is 36.0 Å². The highest BCUT2D eigenvalue weighted by Gasteiger charge is 2.38. The van der Waals surface area contributed by atoms with E-state index in [4.69, 9.17) is 11.6 Å². The van der Waals surface area contributed by atoms with Crippen molar-refractivity contribution >= 4 is 39.3 Å². The minimum absolute atomic E-state index is 0.0653. The average molecular weight is 384 g/mol. The maximum Gasteiger partial charge on any atom is 0.0556 e. The van der Waals surface area contributed by atoms with Crippen molar-refractivity contribution in [3.05, 3.63) is 64.7 Å². The molecule has 0 fully saturated rings. The smallest absolute Gasteiger partial charge is 0.0556 e. The first kappa shape index (κ1) is 16.9. The molecule has 0 spiro atoms. The van der Waals surface area contributed by atoms with Crippen LogP contribution >= 0.6 is 39.3 Å². The van der Waals surface area contributed by atoms with Crippen molar-refractivity contribution < 1.29 is 0 Å². The zero-order valence-electron chi connectivity index (χ0n) is 12.1. The van der Waals surface area contributed by atoms with Crippen molar-refractivity contribution in [1.82, 2.24) is 0 Å². The van der Waals surface area contributed by atoms with Gasteiger partial charge in [-0.1, -0.05) is 45.8 Å². The Labute approximate surface area is 145 Å². The number of hydrogen-bond donors (Lipinski definition) is 0. The summed E-state index contributed by atoms with van der Waals surface area (Å²) < 4.78 is 1.08. The van der Waals surface area contributed by atoms with E-state index in [2.05, 4.69) is 35.7 Å². The van der Waals surface area contributed by atoms with Crippen LogP contribution in [-0.2, 0) is 11.8 Å². The summed E-state index contributed by atoms with van der Waals surface area (Å²) in [7, 11) is 0. The van der Waals surface area contributed by atoms with Crippen molar-refractivity contribution in [3.8, 4) is 0 Å². The summed E-state index contributed by atoms with van der Waals surface area (Å²) >= 11 is 12.1. The van der Waals surface area contributed by atoms with Crippen LogP contribution in [0.3, 0.4) is 0 Å². The number of halogens is 2. The van der Waals surface area contributed by atoms with E-state index in [0.29, 0.717) is 0 Å². The highest BCUT2D eigenvalue weighted by atomic mass is 79.9. The van der Waals surface area contributed by atoms with Gasteiger partial charge in [0.2, 0.25) is 0 Å². The Bertz CT molecular complexity index is 567. The summed E-state index contributed by atoms with van der Waals surface area (Å²) in [6.45, 7) is 11.8. The van der Waals surface area contributed by atoms with Gasteiger partial charge in [-0.3, -0.25) is 0 Å². The molecule has 0 amide bonds. The predicted octanol–water partition coefficient (Wildman–Crippen LogP) is 6.72. The summed E-state index contributed by atoms with van der Waals surface area (Å²) in [5.41, 5.74) is 2.74. The maximum atomic E-state index is 6.52. The second-order valence-corrected chi connectivity index (χ2v) is 7.75. The van der Waals surface area contributed by atoms with Crippen LogP contribution in [0.2, 0.25) is 5.02 Å². The molecule has 3 heteroatoms. The fourth-order valence-electron chi connectivity index (χ4n) is 3.20. The highest BCUT2D eigenvalue weighted by molar-refractivity contribution is 9.10. The Morgan fingerprint density at radius 3 is 2.48 bits per heavy atom. The molecule has 0 saturated carbocycles. The molecule has 0 aromatic heterocycles. The molecule has 0 radical (unpaired) electrons. The Hall–Kier alpha value is -0.440. The van der Waals surface area contributed by atoms with Crippen molar-refractivity contribution in [1.29, 1.82) is 0 Å². The van der Waals surface area contributed by atoms with Gasteiger partial charge in [0.25, 0.3) is 0 Å². The Morgan fingerprint density at radius 1 is 1.24 bits per heavy atom. The molecule has 0 atom stereocenters. The number of thioether (sulfide) groups is 1. The maximum absolute atomic E-state index is 6.52. The first-order chi connectivity index (χ1) is 10.1. The number of benzene rings is 1. The molecule has 0 unspecified atom stereocenters. The van der Waals surface area contributed by atoms with Gasteiger partial charge in [0.05, 0.1) is 5.02 Å². The molecule has 21 heavy (non-hydrogen) atoms. The van der Waals surface area contributed by atoms with E-state index in [1.54, 1.807) is 0 Å². The lowest BCUT2D eigenvalue weighted by Gasteiger charge is -2.40. The Balaban J connectivity index is 2.75. The lowest BCUT2D eigenvalue weighted by molar-refractivity contribution is 0.407. The van der Waals surface area contributed by atoms with E-state index in [-0.39, 0.29) is 5.41 Å². The SMILES string of the molecule is C=CCc1c(Br)cc(Cl)c2c1C(CC=C)(CC=C)CCS2. The molecule has 2 rings (SSSR count). The molecule has 0 saturated heterocycles. The molecule has 1 aromatic carbocycles. The number of rotatable bonds is 6.